The number of nitrogens with zero attached hydrogens (tertiary/aromatic N) is 1. The second-order valence-electron chi connectivity index (χ2n) is 5.72. The largest absolute Gasteiger partial charge is 0.497 e. The van der Waals surface area contributed by atoms with Crippen molar-refractivity contribution in [1.29, 1.82) is 0 Å². The fraction of sp³-hybridized carbons (Fsp3) is 0.421. The lowest BCUT2D eigenvalue weighted by Gasteiger charge is -2.15. The Hall–Kier alpha value is -1.28. The van der Waals surface area contributed by atoms with Crippen molar-refractivity contribution in [2.24, 2.45) is 4.99 Å². The first-order valence-electron chi connectivity index (χ1n) is 8.40. The molecule has 2 N–H and O–H groups in total. The number of hydrogen-bond donors (Lipinski definition) is 2. The molecule has 0 spiro atoms. The molecular formula is C19H28IN3OS. The Morgan fingerprint density at radius 1 is 1.20 bits per heavy atom. The lowest BCUT2D eigenvalue weighted by molar-refractivity contribution is 0.414. The molecule has 2 rings (SSSR count). The minimum Gasteiger partial charge on any atom is -0.497 e. The third-order valence-corrected chi connectivity index (χ3v) is 4.63. The number of aliphatic imine (C=N–C) groups is 1. The Kier molecular flexibility index (Phi) is 10.6. The summed E-state index contributed by atoms with van der Waals surface area (Å²) in [6, 6.07) is 10.4. The lowest BCUT2D eigenvalue weighted by atomic mass is 9.98. The van der Waals surface area contributed by atoms with Gasteiger partial charge in [0.05, 0.1) is 13.7 Å². The van der Waals surface area contributed by atoms with E-state index in [0.29, 0.717) is 12.5 Å². The average Bonchev–Trinajstić information content (AvgIpc) is 3.13. The molecule has 1 aromatic carbocycles. The highest BCUT2D eigenvalue weighted by molar-refractivity contribution is 14.0. The number of rotatable bonds is 8. The first-order valence-corrected chi connectivity index (χ1v) is 9.34. The van der Waals surface area contributed by atoms with Crippen LogP contribution in [0, 0.1) is 0 Å². The van der Waals surface area contributed by atoms with Gasteiger partial charge >= 0.3 is 0 Å². The van der Waals surface area contributed by atoms with Crippen LogP contribution in [0.2, 0.25) is 0 Å². The first kappa shape index (κ1) is 21.8. The first-order chi connectivity index (χ1) is 11.7. The zero-order valence-corrected chi connectivity index (χ0v) is 18.3. The lowest BCUT2D eigenvalue weighted by Crippen LogP contribution is -2.38. The molecule has 138 valence electrons. The number of guanidine groups is 1. The molecular weight excluding hydrogens is 445 g/mol. The van der Waals surface area contributed by atoms with E-state index in [9.17, 15) is 0 Å². The predicted molar refractivity (Wildman–Crippen MR) is 119 cm³/mol. The average molecular weight is 473 g/mol. The van der Waals surface area contributed by atoms with Gasteiger partial charge < -0.3 is 15.4 Å². The van der Waals surface area contributed by atoms with Crippen molar-refractivity contribution in [1.82, 2.24) is 10.6 Å². The van der Waals surface area contributed by atoms with Crippen molar-refractivity contribution in [3.8, 4) is 5.75 Å². The van der Waals surface area contributed by atoms with E-state index in [-0.39, 0.29) is 24.0 Å². The van der Waals surface area contributed by atoms with Crippen LogP contribution < -0.4 is 15.4 Å². The summed E-state index contributed by atoms with van der Waals surface area (Å²) >= 11 is 1.71. The van der Waals surface area contributed by atoms with Crippen LogP contribution in [0.5, 0.6) is 5.75 Å². The summed E-state index contributed by atoms with van der Waals surface area (Å²) in [5, 5.41) is 10.9. The summed E-state index contributed by atoms with van der Waals surface area (Å²) in [6.07, 6.45) is 1.05. The van der Waals surface area contributed by atoms with Gasteiger partial charge in [-0.2, -0.15) is 11.3 Å². The summed E-state index contributed by atoms with van der Waals surface area (Å²) in [4.78, 5) is 4.63. The van der Waals surface area contributed by atoms with Gasteiger partial charge in [-0.1, -0.05) is 19.1 Å². The number of thiophene rings is 1. The Bertz CT molecular complexity index is 614. The molecule has 0 fully saturated rings. The molecule has 0 saturated carbocycles. The second-order valence-corrected chi connectivity index (χ2v) is 6.50. The maximum Gasteiger partial charge on any atom is 0.191 e. The van der Waals surface area contributed by atoms with Crippen LogP contribution >= 0.6 is 35.3 Å². The monoisotopic (exact) mass is 473 g/mol. The van der Waals surface area contributed by atoms with Gasteiger partial charge in [-0.3, -0.25) is 0 Å². The molecule has 0 aliphatic carbocycles. The molecule has 6 heteroatoms. The van der Waals surface area contributed by atoms with E-state index in [2.05, 4.69) is 58.4 Å². The smallest absolute Gasteiger partial charge is 0.191 e. The van der Waals surface area contributed by atoms with Crippen LogP contribution in [0.25, 0.3) is 0 Å². The molecule has 0 amide bonds. The van der Waals surface area contributed by atoms with Crippen LogP contribution in [0.3, 0.4) is 0 Å². The summed E-state index contributed by atoms with van der Waals surface area (Å²) in [6.45, 7) is 6.81. The standard InChI is InChI=1S/C19H27N3OS.HI/c1-4-20-19(22-13-16-10-12-24-14-16)21-11-9-15(2)17-5-7-18(23-3)8-6-17;/h5-8,10,12,14-15H,4,9,11,13H2,1-3H3,(H2,20,21,22);1H. The zero-order chi connectivity index (χ0) is 17.2. The molecule has 2 aromatic rings. The summed E-state index contributed by atoms with van der Waals surface area (Å²) in [5.41, 5.74) is 2.58. The molecule has 4 nitrogen and oxygen atoms in total. The van der Waals surface area contributed by atoms with Gasteiger partial charge in [0.1, 0.15) is 5.75 Å². The fourth-order valence-corrected chi connectivity index (χ4v) is 3.06. The molecule has 0 saturated heterocycles. The third-order valence-electron chi connectivity index (χ3n) is 3.90. The highest BCUT2D eigenvalue weighted by Gasteiger charge is 2.06. The van der Waals surface area contributed by atoms with Crippen molar-refractivity contribution in [2.45, 2.75) is 32.7 Å². The third kappa shape index (κ3) is 7.64. The van der Waals surface area contributed by atoms with Crippen LogP contribution in [0.4, 0.5) is 0 Å². The van der Waals surface area contributed by atoms with Gasteiger partial charge in [0.2, 0.25) is 0 Å². The van der Waals surface area contributed by atoms with E-state index in [1.807, 2.05) is 12.1 Å². The number of halogens is 1. The van der Waals surface area contributed by atoms with E-state index in [4.69, 9.17) is 4.74 Å². The molecule has 1 unspecified atom stereocenters. The molecule has 0 bridgehead atoms. The highest BCUT2D eigenvalue weighted by Crippen LogP contribution is 2.21. The number of methoxy groups -OCH3 is 1. The molecule has 0 aliphatic rings. The van der Waals surface area contributed by atoms with Crippen LogP contribution in [-0.4, -0.2) is 26.2 Å². The van der Waals surface area contributed by atoms with Crippen LogP contribution in [-0.2, 0) is 6.54 Å². The van der Waals surface area contributed by atoms with E-state index < -0.39 is 0 Å². The van der Waals surface area contributed by atoms with E-state index in [1.165, 1.54) is 11.1 Å². The van der Waals surface area contributed by atoms with Crippen LogP contribution in [0.15, 0.2) is 46.1 Å². The Morgan fingerprint density at radius 3 is 2.56 bits per heavy atom. The maximum atomic E-state index is 5.21. The maximum absolute atomic E-state index is 5.21. The normalized spacial score (nSPS) is 12.2. The van der Waals surface area contributed by atoms with Gasteiger partial charge in [-0.05, 0) is 59.3 Å². The minimum absolute atomic E-state index is 0. The molecule has 25 heavy (non-hydrogen) atoms. The quantitative estimate of drug-likeness (QED) is 0.334. The molecule has 0 aliphatic heterocycles. The minimum atomic E-state index is 0. The van der Waals surface area contributed by atoms with E-state index in [1.54, 1.807) is 18.4 Å². The van der Waals surface area contributed by atoms with Gasteiger partial charge in [0.15, 0.2) is 5.96 Å². The Labute approximate surface area is 172 Å². The Balaban J connectivity index is 0.00000312. The zero-order valence-electron chi connectivity index (χ0n) is 15.1. The summed E-state index contributed by atoms with van der Waals surface area (Å²) < 4.78 is 5.21. The second kappa shape index (κ2) is 12.1. The number of benzene rings is 1. The van der Waals surface area contributed by atoms with Crippen molar-refractivity contribution in [3.63, 3.8) is 0 Å². The molecule has 1 atom stereocenters. The highest BCUT2D eigenvalue weighted by atomic mass is 127. The fourth-order valence-electron chi connectivity index (χ4n) is 2.40. The summed E-state index contributed by atoms with van der Waals surface area (Å²) in [7, 11) is 1.69. The molecule has 1 heterocycles. The number of ether oxygens (including phenoxy) is 1. The van der Waals surface area contributed by atoms with Gasteiger partial charge in [-0.15, -0.1) is 24.0 Å². The molecule has 0 radical (unpaired) electrons. The summed E-state index contributed by atoms with van der Waals surface area (Å²) in [5.74, 6) is 2.27. The molecule has 1 aromatic heterocycles. The SMILES string of the molecule is CCNC(=NCc1ccsc1)NCCC(C)c1ccc(OC)cc1.I. The van der Waals surface area contributed by atoms with E-state index in [0.717, 1.165) is 31.2 Å². The number of hydrogen-bond acceptors (Lipinski definition) is 3. The van der Waals surface area contributed by atoms with Gasteiger partial charge in [0.25, 0.3) is 0 Å². The van der Waals surface area contributed by atoms with Crippen molar-refractivity contribution in [2.75, 3.05) is 20.2 Å². The predicted octanol–water partition coefficient (Wildman–Crippen LogP) is 4.62. The number of nitrogens with one attached hydrogen (secondary N) is 2. The Morgan fingerprint density at radius 2 is 1.96 bits per heavy atom. The van der Waals surface area contributed by atoms with Crippen molar-refractivity contribution in [3.05, 3.63) is 52.2 Å². The van der Waals surface area contributed by atoms with Gasteiger partial charge in [-0.25, -0.2) is 4.99 Å². The van der Waals surface area contributed by atoms with Crippen molar-refractivity contribution < 1.29 is 4.74 Å². The topological polar surface area (TPSA) is 45.7 Å². The van der Waals surface area contributed by atoms with Gasteiger partial charge in [0, 0.05) is 13.1 Å². The van der Waals surface area contributed by atoms with E-state index >= 15 is 0 Å². The van der Waals surface area contributed by atoms with Crippen LogP contribution in [0.1, 0.15) is 37.3 Å². The van der Waals surface area contributed by atoms with Crippen molar-refractivity contribution >= 4 is 41.3 Å².